The lowest BCUT2D eigenvalue weighted by molar-refractivity contribution is -0.122. The van der Waals surface area contributed by atoms with E-state index in [9.17, 15) is 18.0 Å². The van der Waals surface area contributed by atoms with Crippen LogP contribution in [0.2, 0.25) is 0 Å². The zero-order chi connectivity index (χ0) is 28.4. The van der Waals surface area contributed by atoms with Crippen molar-refractivity contribution in [1.29, 1.82) is 0 Å². The van der Waals surface area contributed by atoms with Gasteiger partial charge in [0.05, 0.1) is 18.6 Å². The molecule has 0 aliphatic rings. The topological polar surface area (TPSA) is 166 Å². The number of aliphatic imine (C=N–C) groups is 1. The highest BCUT2D eigenvalue weighted by Crippen LogP contribution is 2.15. The fraction of sp³-hybridized carbons (Fsp3) is 0.231. The minimum Gasteiger partial charge on any atom is -0.480 e. The summed E-state index contributed by atoms with van der Waals surface area (Å²) in [6, 6.07) is 18.3. The van der Waals surface area contributed by atoms with Gasteiger partial charge in [0, 0.05) is 11.3 Å². The number of nitrogens with zero attached hydrogens (tertiary/aromatic N) is 3. The second kappa shape index (κ2) is 13.2. The minimum absolute atomic E-state index is 0.0141. The van der Waals surface area contributed by atoms with Crippen LogP contribution in [0.25, 0.3) is 0 Å². The number of nitrogens with two attached hydrogens (primary N) is 1. The van der Waals surface area contributed by atoms with Gasteiger partial charge in [-0.05, 0) is 61.0 Å². The van der Waals surface area contributed by atoms with Gasteiger partial charge in [0.15, 0.2) is 0 Å². The zero-order valence-corrected chi connectivity index (χ0v) is 22.6. The number of hydrogen-bond donors (Lipinski definition) is 3. The van der Waals surface area contributed by atoms with Gasteiger partial charge in [0.25, 0.3) is 21.5 Å². The molecule has 0 saturated carbocycles. The smallest absolute Gasteiger partial charge is 0.275 e. The van der Waals surface area contributed by atoms with Crippen LogP contribution < -0.4 is 21.3 Å². The number of carbonyl (C=O) groups excluding carboxylic acids is 1. The number of aryl methyl sites for hydroxylation is 2. The van der Waals surface area contributed by atoms with Gasteiger partial charge >= 0.3 is 0 Å². The maximum absolute atomic E-state index is 12.9. The Morgan fingerprint density at radius 2 is 1.79 bits per heavy atom. The molecule has 0 unspecified atom stereocenters. The van der Waals surface area contributed by atoms with Crippen LogP contribution in [0, 0.1) is 13.8 Å². The number of nitrogens with one attached hydrogen (secondary N) is 2. The molecule has 12 nitrogen and oxygen atoms in total. The van der Waals surface area contributed by atoms with Crippen molar-refractivity contribution in [1.82, 2.24) is 9.88 Å². The molecule has 39 heavy (non-hydrogen) atoms. The Labute approximate surface area is 226 Å². The molecule has 0 aliphatic carbocycles. The molecule has 3 aromatic rings. The largest absolute Gasteiger partial charge is 0.480 e. The number of rotatable bonds is 10. The van der Waals surface area contributed by atoms with Gasteiger partial charge < -0.3 is 25.2 Å². The van der Waals surface area contributed by atoms with Crippen molar-refractivity contribution in [2.75, 3.05) is 25.0 Å². The summed E-state index contributed by atoms with van der Waals surface area (Å²) in [4.78, 5) is 34.6. The van der Waals surface area contributed by atoms with Crippen molar-refractivity contribution in [2.45, 2.75) is 25.3 Å². The molecule has 0 bridgehead atoms. The van der Waals surface area contributed by atoms with Gasteiger partial charge in [-0.2, -0.15) is 4.99 Å². The Morgan fingerprint density at radius 3 is 2.49 bits per heavy atom. The summed E-state index contributed by atoms with van der Waals surface area (Å²) >= 11 is 0. The van der Waals surface area contributed by atoms with E-state index in [1.807, 2.05) is 18.2 Å². The number of hydrogen-bond acceptors (Lipinski definition) is 7. The quantitative estimate of drug-likeness (QED) is 0.148. The number of aromatic nitrogens is 1. The normalized spacial score (nSPS) is 12.1. The molecule has 0 radical (unpaired) electrons. The fourth-order valence-corrected chi connectivity index (χ4v) is 4.57. The average Bonchev–Trinajstić information content (AvgIpc) is 2.91. The number of sulfonamides is 1. The Morgan fingerprint density at radius 1 is 1.05 bits per heavy atom. The third-order valence-corrected chi connectivity index (χ3v) is 6.71. The maximum Gasteiger partial charge on any atom is 0.275 e. The highest BCUT2D eigenvalue weighted by molar-refractivity contribution is 7.92. The average molecular weight is 555 g/mol. The molecule has 3 rings (SSSR count). The molecule has 1 amide bonds. The van der Waals surface area contributed by atoms with E-state index in [0.29, 0.717) is 11.3 Å². The second-order valence-corrected chi connectivity index (χ2v) is 10.0. The van der Waals surface area contributed by atoms with E-state index in [-0.39, 0.29) is 42.1 Å². The highest BCUT2D eigenvalue weighted by atomic mass is 32.2. The van der Waals surface area contributed by atoms with Gasteiger partial charge in [-0.25, -0.2) is 8.42 Å². The number of ether oxygens (including phenoxy) is 1. The van der Waals surface area contributed by atoms with Crippen LogP contribution in [0.1, 0.15) is 16.8 Å². The lowest BCUT2D eigenvalue weighted by atomic mass is 10.2. The first-order valence-corrected chi connectivity index (χ1v) is 13.3. The third-order valence-electron chi connectivity index (χ3n) is 5.34. The first kappa shape index (κ1) is 28.9. The second-order valence-electron chi connectivity index (χ2n) is 8.32. The molecule has 0 aliphatic heterocycles. The Hall–Kier alpha value is -4.65. The van der Waals surface area contributed by atoms with Crippen molar-refractivity contribution in [3.8, 4) is 0 Å². The number of oxime groups is 1. The lowest BCUT2D eigenvalue weighted by Gasteiger charge is -2.13. The van der Waals surface area contributed by atoms with Crippen LogP contribution in [-0.2, 0) is 30.9 Å². The third kappa shape index (κ3) is 8.17. The van der Waals surface area contributed by atoms with Crippen LogP contribution in [0.15, 0.2) is 86.6 Å². The summed E-state index contributed by atoms with van der Waals surface area (Å²) in [6.45, 7) is 3.13. The Kier molecular flexibility index (Phi) is 9.81. The SMILES string of the molecule is CO/C(=N/C(N)=N/OCCNC(=O)Cn1c(C)ccc(NS(=O)(=O)c2cccc(C)c2)c1=O)c1ccccc1. The molecule has 206 valence electrons. The predicted octanol–water partition coefficient (Wildman–Crippen LogP) is 1.72. The number of pyridine rings is 1. The summed E-state index contributed by atoms with van der Waals surface area (Å²) in [5.41, 5.74) is 6.87. The number of methoxy groups -OCH3 is 1. The van der Waals surface area contributed by atoms with Crippen LogP contribution in [0.5, 0.6) is 0 Å². The molecular weight excluding hydrogens is 524 g/mol. The monoisotopic (exact) mass is 554 g/mol. The summed E-state index contributed by atoms with van der Waals surface area (Å²) < 4.78 is 34.2. The van der Waals surface area contributed by atoms with Crippen molar-refractivity contribution < 1.29 is 22.8 Å². The number of amides is 1. The molecule has 1 heterocycles. The zero-order valence-electron chi connectivity index (χ0n) is 21.7. The fourth-order valence-electron chi connectivity index (χ4n) is 3.41. The first-order valence-electron chi connectivity index (χ1n) is 11.8. The van der Waals surface area contributed by atoms with Crippen molar-refractivity contribution in [3.05, 3.63) is 93.9 Å². The summed E-state index contributed by atoms with van der Waals surface area (Å²) in [6.07, 6.45) is 0. The van der Waals surface area contributed by atoms with Crippen molar-refractivity contribution in [2.24, 2.45) is 15.9 Å². The van der Waals surface area contributed by atoms with E-state index < -0.39 is 21.5 Å². The van der Waals surface area contributed by atoms with Gasteiger partial charge in [0.1, 0.15) is 18.8 Å². The van der Waals surface area contributed by atoms with E-state index in [0.717, 1.165) is 5.56 Å². The molecular formula is C26H30N6O6S. The predicted molar refractivity (Wildman–Crippen MR) is 148 cm³/mol. The Balaban J connectivity index is 1.56. The molecule has 13 heteroatoms. The maximum atomic E-state index is 12.9. The summed E-state index contributed by atoms with van der Waals surface area (Å²) in [5, 5.41) is 6.28. The van der Waals surface area contributed by atoms with Crippen molar-refractivity contribution >= 4 is 33.5 Å². The van der Waals surface area contributed by atoms with E-state index >= 15 is 0 Å². The Bertz CT molecular complexity index is 1530. The van der Waals surface area contributed by atoms with Gasteiger partial charge in [-0.3, -0.25) is 14.3 Å². The minimum atomic E-state index is -3.99. The highest BCUT2D eigenvalue weighted by Gasteiger charge is 2.18. The molecule has 4 N–H and O–H groups in total. The standard InChI is InChI=1S/C26H30N6O6S/c1-18-8-7-11-21(16-18)39(35,36)31-22-13-12-19(2)32(25(22)34)17-23(33)28-14-15-38-30-26(27)29-24(37-3)20-9-5-4-6-10-20/h4-13,16,31H,14-15,17H2,1-3H3,(H2,27,30)(H,28,33)/b29-24+. The van der Waals surface area contributed by atoms with E-state index in [1.165, 1.54) is 29.9 Å². The van der Waals surface area contributed by atoms with Crippen molar-refractivity contribution in [3.63, 3.8) is 0 Å². The molecule has 0 saturated heterocycles. The number of carbonyl (C=O) groups is 1. The van der Waals surface area contributed by atoms with Gasteiger partial charge in [-0.1, -0.05) is 30.3 Å². The molecule has 0 atom stereocenters. The van der Waals surface area contributed by atoms with Crippen LogP contribution in [0.3, 0.4) is 0 Å². The summed E-state index contributed by atoms with van der Waals surface area (Å²) in [5.74, 6) is -0.393. The lowest BCUT2D eigenvalue weighted by Crippen LogP contribution is -2.36. The van der Waals surface area contributed by atoms with Crippen LogP contribution in [-0.4, -0.2) is 51.0 Å². The summed E-state index contributed by atoms with van der Waals surface area (Å²) in [7, 11) is -2.53. The number of guanidine groups is 1. The number of anilines is 1. The first-order chi connectivity index (χ1) is 18.6. The van der Waals surface area contributed by atoms with Gasteiger partial charge in [0.2, 0.25) is 11.8 Å². The van der Waals surface area contributed by atoms with Crippen LogP contribution in [0.4, 0.5) is 5.69 Å². The number of benzene rings is 2. The van der Waals surface area contributed by atoms with E-state index in [2.05, 4.69) is 20.2 Å². The van der Waals surface area contributed by atoms with E-state index in [4.69, 9.17) is 15.3 Å². The molecule has 0 spiro atoms. The molecule has 0 fully saturated rings. The molecule has 2 aromatic carbocycles. The molecule has 1 aromatic heterocycles. The van der Waals surface area contributed by atoms with Crippen LogP contribution >= 0.6 is 0 Å². The van der Waals surface area contributed by atoms with E-state index in [1.54, 1.807) is 44.2 Å². The van der Waals surface area contributed by atoms with Gasteiger partial charge in [-0.15, -0.1) is 0 Å².